The molecular formula is C20H18BrClN2O2S. The van der Waals surface area contributed by atoms with E-state index in [9.17, 15) is 4.79 Å². The molecule has 2 heterocycles. The quantitative estimate of drug-likeness (QED) is 0.431. The first-order valence-corrected chi connectivity index (χ1v) is 10.9. The molecule has 2 aromatic heterocycles. The lowest BCUT2D eigenvalue weighted by Gasteiger charge is -2.00. The topological polar surface area (TPSA) is 55.0 Å². The van der Waals surface area contributed by atoms with Gasteiger partial charge >= 0.3 is 5.97 Å². The minimum Gasteiger partial charge on any atom is -0.461 e. The Hall–Kier alpha value is -1.63. The monoisotopic (exact) mass is 464 g/mol. The number of ether oxygens (including phenoxy) is 1. The van der Waals surface area contributed by atoms with E-state index in [-0.39, 0.29) is 5.69 Å². The Labute approximate surface area is 175 Å². The Morgan fingerprint density at radius 3 is 2.93 bits per heavy atom. The SMILES string of the molecule is CCOC(=O)c1nc(-c2cc(-c3cccc(Br)c3)[nH]c2CC2CC2)sc1Cl. The fourth-order valence-electron chi connectivity index (χ4n) is 3.01. The molecule has 0 atom stereocenters. The molecule has 1 saturated carbocycles. The van der Waals surface area contributed by atoms with Gasteiger partial charge in [0.05, 0.1) is 6.61 Å². The standard InChI is InChI=1S/C20H18BrClN2O2S/c1-2-26-20(25)17-18(22)27-19(24-17)14-10-15(12-4-3-5-13(21)9-12)23-16(14)8-11-6-7-11/h3-5,9-11,23H,2,6-8H2,1H3. The predicted octanol–water partition coefficient (Wildman–Crippen LogP) is 6.35. The number of aromatic amines is 1. The summed E-state index contributed by atoms with van der Waals surface area (Å²) in [5.74, 6) is 0.245. The van der Waals surface area contributed by atoms with Gasteiger partial charge in [-0.3, -0.25) is 0 Å². The van der Waals surface area contributed by atoms with E-state index < -0.39 is 5.97 Å². The van der Waals surface area contributed by atoms with Crippen LogP contribution in [0.1, 0.15) is 35.9 Å². The van der Waals surface area contributed by atoms with Crippen LogP contribution in [-0.4, -0.2) is 22.5 Å². The van der Waals surface area contributed by atoms with E-state index in [1.807, 2.05) is 12.1 Å². The maximum absolute atomic E-state index is 12.1. The molecule has 0 bridgehead atoms. The number of hydrogen-bond donors (Lipinski definition) is 1. The summed E-state index contributed by atoms with van der Waals surface area (Å²) in [6, 6.07) is 10.3. The first-order valence-electron chi connectivity index (χ1n) is 8.86. The van der Waals surface area contributed by atoms with E-state index in [1.54, 1.807) is 6.92 Å². The smallest absolute Gasteiger partial charge is 0.359 e. The maximum Gasteiger partial charge on any atom is 0.359 e. The molecule has 0 aliphatic heterocycles. The first-order chi connectivity index (χ1) is 13.0. The predicted molar refractivity (Wildman–Crippen MR) is 112 cm³/mol. The van der Waals surface area contributed by atoms with Gasteiger partial charge in [-0.2, -0.15) is 0 Å². The summed E-state index contributed by atoms with van der Waals surface area (Å²) in [6.45, 7) is 2.06. The van der Waals surface area contributed by atoms with Crippen LogP contribution in [0.5, 0.6) is 0 Å². The van der Waals surface area contributed by atoms with Crippen LogP contribution in [0, 0.1) is 5.92 Å². The third-order valence-corrected chi connectivity index (χ3v) is 6.29. The molecule has 0 radical (unpaired) electrons. The average Bonchev–Trinajstić information content (AvgIpc) is 3.21. The highest BCUT2D eigenvalue weighted by Crippen LogP contribution is 2.40. The molecule has 7 heteroatoms. The largest absolute Gasteiger partial charge is 0.461 e. The third kappa shape index (κ3) is 4.13. The summed E-state index contributed by atoms with van der Waals surface area (Å²) in [5.41, 5.74) is 4.49. The molecule has 0 unspecified atom stereocenters. The third-order valence-electron chi connectivity index (χ3n) is 4.51. The van der Waals surface area contributed by atoms with Gasteiger partial charge in [0.15, 0.2) is 5.69 Å². The number of nitrogens with one attached hydrogen (secondary N) is 1. The normalized spacial score (nSPS) is 13.7. The molecule has 0 saturated heterocycles. The number of hydrogen-bond acceptors (Lipinski definition) is 4. The van der Waals surface area contributed by atoms with Crippen LogP contribution in [0.15, 0.2) is 34.8 Å². The zero-order valence-electron chi connectivity index (χ0n) is 14.7. The lowest BCUT2D eigenvalue weighted by atomic mass is 10.1. The second-order valence-electron chi connectivity index (χ2n) is 6.59. The fourth-order valence-corrected chi connectivity index (χ4v) is 4.58. The van der Waals surface area contributed by atoms with E-state index >= 15 is 0 Å². The molecule has 0 spiro atoms. The van der Waals surface area contributed by atoms with Crippen LogP contribution < -0.4 is 0 Å². The molecule has 140 valence electrons. The van der Waals surface area contributed by atoms with Crippen LogP contribution in [0.2, 0.25) is 4.34 Å². The van der Waals surface area contributed by atoms with Crippen LogP contribution in [0.4, 0.5) is 0 Å². The molecule has 0 amide bonds. The summed E-state index contributed by atoms with van der Waals surface area (Å²) in [7, 11) is 0. The van der Waals surface area contributed by atoms with Crippen LogP contribution in [-0.2, 0) is 11.2 Å². The van der Waals surface area contributed by atoms with Crippen molar-refractivity contribution in [1.29, 1.82) is 0 Å². The Morgan fingerprint density at radius 1 is 1.41 bits per heavy atom. The fraction of sp³-hybridized carbons (Fsp3) is 0.300. The van der Waals surface area contributed by atoms with Gasteiger partial charge in [0, 0.05) is 21.4 Å². The Bertz CT molecular complexity index is 994. The van der Waals surface area contributed by atoms with Crippen molar-refractivity contribution in [2.45, 2.75) is 26.2 Å². The summed E-state index contributed by atoms with van der Waals surface area (Å²) < 4.78 is 6.45. The van der Waals surface area contributed by atoms with Crippen LogP contribution in [0.3, 0.4) is 0 Å². The highest BCUT2D eigenvalue weighted by Gasteiger charge is 2.26. The van der Waals surface area contributed by atoms with Crippen molar-refractivity contribution < 1.29 is 9.53 Å². The van der Waals surface area contributed by atoms with Crippen molar-refractivity contribution >= 4 is 44.8 Å². The van der Waals surface area contributed by atoms with E-state index in [1.165, 1.54) is 24.2 Å². The number of halogens is 2. The Kier molecular flexibility index (Phi) is 5.39. The molecular weight excluding hydrogens is 448 g/mol. The molecule has 1 aromatic carbocycles. The number of rotatable bonds is 6. The van der Waals surface area contributed by atoms with Gasteiger partial charge in [-0.05, 0) is 55.9 Å². The average molecular weight is 466 g/mol. The number of thiazole rings is 1. The van der Waals surface area contributed by atoms with Gasteiger partial charge in [-0.25, -0.2) is 9.78 Å². The Balaban J connectivity index is 1.75. The number of aromatic nitrogens is 2. The lowest BCUT2D eigenvalue weighted by Crippen LogP contribution is -2.05. The summed E-state index contributed by atoms with van der Waals surface area (Å²) in [5, 5.41) is 0.746. The molecule has 1 fully saturated rings. The van der Waals surface area contributed by atoms with Gasteiger partial charge in [-0.15, -0.1) is 11.3 Å². The zero-order valence-corrected chi connectivity index (χ0v) is 17.9. The van der Waals surface area contributed by atoms with E-state index in [4.69, 9.17) is 16.3 Å². The highest BCUT2D eigenvalue weighted by atomic mass is 79.9. The van der Waals surface area contributed by atoms with Crippen molar-refractivity contribution in [3.05, 3.63) is 50.5 Å². The first kappa shape index (κ1) is 18.7. The number of H-pyrrole nitrogens is 1. The van der Waals surface area contributed by atoms with Gasteiger partial charge < -0.3 is 9.72 Å². The van der Waals surface area contributed by atoms with E-state index in [0.29, 0.717) is 10.9 Å². The van der Waals surface area contributed by atoms with Crippen molar-refractivity contribution in [2.24, 2.45) is 5.92 Å². The number of carbonyl (C=O) groups excluding carboxylic acids is 1. The summed E-state index contributed by atoms with van der Waals surface area (Å²) in [6.07, 6.45) is 3.50. The minimum absolute atomic E-state index is 0.195. The van der Waals surface area contributed by atoms with Crippen molar-refractivity contribution in [2.75, 3.05) is 6.61 Å². The number of benzene rings is 1. The lowest BCUT2D eigenvalue weighted by molar-refractivity contribution is 0.0520. The van der Waals surface area contributed by atoms with Crippen LogP contribution >= 0.6 is 38.9 Å². The molecule has 1 aliphatic carbocycles. The molecule has 1 N–H and O–H groups in total. The number of carbonyl (C=O) groups is 1. The van der Waals surface area contributed by atoms with Gasteiger partial charge in [0.1, 0.15) is 9.34 Å². The molecule has 27 heavy (non-hydrogen) atoms. The summed E-state index contributed by atoms with van der Waals surface area (Å²) in [4.78, 5) is 20.1. The van der Waals surface area contributed by atoms with Crippen LogP contribution in [0.25, 0.3) is 21.8 Å². The number of esters is 1. The van der Waals surface area contributed by atoms with E-state index in [2.05, 4.69) is 44.1 Å². The Morgan fingerprint density at radius 2 is 2.22 bits per heavy atom. The molecule has 4 nitrogen and oxygen atoms in total. The highest BCUT2D eigenvalue weighted by molar-refractivity contribution is 9.10. The van der Waals surface area contributed by atoms with Crippen molar-refractivity contribution in [1.82, 2.24) is 9.97 Å². The second-order valence-corrected chi connectivity index (χ2v) is 9.11. The van der Waals surface area contributed by atoms with Gasteiger partial charge in [0.2, 0.25) is 0 Å². The van der Waals surface area contributed by atoms with Crippen molar-refractivity contribution in [3.8, 4) is 21.8 Å². The zero-order chi connectivity index (χ0) is 19.0. The number of nitrogens with zero attached hydrogens (tertiary/aromatic N) is 1. The summed E-state index contributed by atoms with van der Waals surface area (Å²) >= 11 is 11.1. The molecule has 3 aromatic rings. The molecule has 1 aliphatic rings. The second kappa shape index (κ2) is 7.78. The van der Waals surface area contributed by atoms with E-state index in [0.717, 1.165) is 44.3 Å². The van der Waals surface area contributed by atoms with Gasteiger partial charge in [0.25, 0.3) is 0 Å². The van der Waals surface area contributed by atoms with Gasteiger partial charge in [-0.1, -0.05) is 39.7 Å². The van der Waals surface area contributed by atoms with Crippen molar-refractivity contribution in [3.63, 3.8) is 0 Å². The minimum atomic E-state index is -0.475. The molecule has 4 rings (SSSR count). The maximum atomic E-state index is 12.1.